The number of amides is 2. The molecule has 0 aliphatic carbocycles. The van der Waals surface area contributed by atoms with Gasteiger partial charge in [-0.1, -0.05) is 11.6 Å². The first-order valence-corrected chi connectivity index (χ1v) is 11.0. The summed E-state index contributed by atoms with van der Waals surface area (Å²) >= 11 is 1.36. The molecule has 1 aromatic heterocycles. The molecule has 31 heavy (non-hydrogen) atoms. The Morgan fingerprint density at radius 2 is 1.77 bits per heavy atom. The van der Waals surface area contributed by atoms with E-state index in [0.29, 0.717) is 30.1 Å². The fourth-order valence-corrected chi connectivity index (χ4v) is 5.38. The molecule has 0 atom stereocenters. The van der Waals surface area contributed by atoms with Gasteiger partial charge in [-0.05, 0) is 74.7 Å². The molecule has 3 heterocycles. The number of carbonyl (C=O) groups is 2. The summed E-state index contributed by atoms with van der Waals surface area (Å²) in [5.41, 5.74) is 3.09. The maximum Gasteiger partial charge on any atom is 0.261 e. The summed E-state index contributed by atoms with van der Waals surface area (Å²) in [7, 11) is 0. The van der Waals surface area contributed by atoms with Crippen molar-refractivity contribution in [3.8, 4) is 0 Å². The Balaban J connectivity index is 0.00000231. The van der Waals surface area contributed by atoms with Gasteiger partial charge >= 0.3 is 0 Å². The number of carbonyl (C=O) groups excluding carboxylic acids is 2. The number of fused-ring (bicyclic) bond motifs is 2. The van der Waals surface area contributed by atoms with Gasteiger partial charge in [-0.3, -0.25) is 14.5 Å². The lowest BCUT2D eigenvalue weighted by Gasteiger charge is -2.32. The van der Waals surface area contributed by atoms with E-state index >= 15 is 0 Å². The highest BCUT2D eigenvalue weighted by Crippen LogP contribution is 2.34. The second kappa shape index (κ2) is 8.65. The summed E-state index contributed by atoms with van der Waals surface area (Å²) in [6.45, 7) is 4.81. The summed E-state index contributed by atoms with van der Waals surface area (Å²) in [6, 6.07) is 10.3. The zero-order valence-electron chi connectivity index (χ0n) is 17.1. The van der Waals surface area contributed by atoms with Crippen molar-refractivity contribution in [1.29, 1.82) is 0 Å². The van der Waals surface area contributed by atoms with Crippen LogP contribution in [0.2, 0.25) is 0 Å². The first-order valence-electron chi connectivity index (χ1n) is 10.3. The Bertz CT molecular complexity index is 1160. The molecule has 0 unspecified atom stereocenters. The van der Waals surface area contributed by atoms with Crippen molar-refractivity contribution in [3.63, 3.8) is 0 Å². The Hall–Kier alpha value is -2.35. The van der Waals surface area contributed by atoms with Crippen LogP contribution in [0.5, 0.6) is 0 Å². The summed E-state index contributed by atoms with van der Waals surface area (Å²) in [5.74, 6) is -0.237. The summed E-state index contributed by atoms with van der Waals surface area (Å²) in [5, 5.41) is 1.06. The summed E-state index contributed by atoms with van der Waals surface area (Å²) < 4.78 is 18.9. The third-order valence-electron chi connectivity index (χ3n) is 6.20. The largest absolute Gasteiger partial charge is 0.302 e. The molecule has 0 N–H and O–H groups in total. The van der Waals surface area contributed by atoms with E-state index in [4.69, 9.17) is 0 Å². The molecular formula is C23H23ClFN3O2S. The second-order valence-corrected chi connectivity index (χ2v) is 8.94. The maximum atomic E-state index is 13.4. The van der Waals surface area contributed by atoms with E-state index in [2.05, 4.69) is 9.27 Å². The van der Waals surface area contributed by atoms with Crippen LogP contribution < -0.4 is 0 Å². The van der Waals surface area contributed by atoms with E-state index in [0.717, 1.165) is 47.3 Å². The lowest BCUT2D eigenvalue weighted by Crippen LogP contribution is -2.41. The van der Waals surface area contributed by atoms with E-state index in [9.17, 15) is 14.0 Å². The highest BCUT2D eigenvalue weighted by atomic mass is 35.5. The van der Waals surface area contributed by atoms with Gasteiger partial charge in [0.05, 0.1) is 21.5 Å². The van der Waals surface area contributed by atoms with Gasteiger partial charge in [-0.25, -0.2) is 4.39 Å². The van der Waals surface area contributed by atoms with Crippen LogP contribution in [-0.4, -0.2) is 52.2 Å². The molecule has 1 saturated heterocycles. The molecule has 5 rings (SSSR count). The van der Waals surface area contributed by atoms with Gasteiger partial charge in [0, 0.05) is 24.4 Å². The standard InChI is InChI=1S/C23H22FN3O2S.ClH/c1-14-2-4-17-19(12-14)23(29)27(22(17)28)11-10-26-8-6-15(7-9-26)21-18-5-3-16(24)13-20(18)30-25-21;/h2-5,12-13,15H,6-11H2,1H3;1H. The number of aromatic nitrogens is 1. The van der Waals surface area contributed by atoms with Gasteiger partial charge < -0.3 is 4.90 Å². The Kier molecular flexibility index (Phi) is 6.10. The molecule has 2 amide bonds. The number of piperidine rings is 1. The van der Waals surface area contributed by atoms with Crippen LogP contribution in [0.25, 0.3) is 10.1 Å². The Morgan fingerprint density at radius 3 is 2.55 bits per heavy atom. The zero-order chi connectivity index (χ0) is 20.8. The van der Waals surface area contributed by atoms with E-state index in [1.54, 1.807) is 18.2 Å². The highest BCUT2D eigenvalue weighted by molar-refractivity contribution is 7.13. The minimum Gasteiger partial charge on any atom is -0.302 e. The zero-order valence-corrected chi connectivity index (χ0v) is 18.8. The Labute approximate surface area is 190 Å². The van der Waals surface area contributed by atoms with Crippen molar-refractivity contribution < 1.29 is 14.0 Å². The smallest absolute Gasteiger partial charge is 0.261 e. The van der Waals surface area contributed by atoms with Crippen LogP contribution in [0.1, 0.15) is 50.7 Å². The summed E-state index contributed by atoms with van der Waals surface area (Å²) in [6.07, 6.45) is 1.94. The van der Waals surface area contributed by atoms with Gasteiger partial charge in [0.25, 0.3) is 11.8 Å². The molecule has 0 spiro atoms. The van der Waals surface area contributed by atoms with Gasteiger partial charge in [0.2, 0.25) is 0 Å². The molecule has 2 aromatic carbocycles. The minimum absolute atomic E-state index is 0. The minimum atomic E-state index is -0.226. The molecule has 1 fully saturated rings. The fraction of sp³-hybridized carbons (Fsp3) is 0.348. The first-order chi connectivity index (χ1) is 14.5. The molecule has 0 bridgehead atoms. The van der Waals surface area contributed by atoms with Crippen molar-refractivity contribution in [1.82, 2.24) is 14.2 Å². The van der Waals surface area contributed by atoms with Crippen molar-refractivity contribution in [2.24, 2.45) is 0 Å². The molecule has 2 aliphatic heterocycles. The van der Waals surface area contributed by atoms with E-state index in [1.807, 2.05) is 19.1 Å². The van der Waals surface area contributed by atoms with Crippen LogP contribution in [-0.2, 0) is 0 Å². The molecule has 8 heteroatoms. The van der Waals surface area contributed by atoms with Crippen LogP contribution in [0.4, 0.5) is 4.39 Å². The van der Waals surface area contributed by atoms with Gasteiger partial charge in [0.1, 0.15) is 5.82 Å². The molecule has 0 radical (unpaired) electrons. The van der Waals surface area contributed by atoms with Crippen LogP contribution in [0, 0.1) is 12.7 Å². The topological polar surface area (TPSA) is 53.5 Å². The molecule has 0 saturated carbocycles. The van der Waals surface area contributed by atoms with Gasteiger partial charge in [-0.2, -0.15) is 4.37 Å². The number of rotatable bonds is 4. The first kappa shape index (κ1) is 21.9. The number of hydrogen-bond donors (Lipinski definition) is 0. The number of likely N-dealkylation sites (tertiary alicyclic amines) is 1. The monoisotopic (exact) mass is 459 g/mol. The lowest BCUT2D eigenvalue weighted by molar-refractivity contribution is 0.0629. The van der Waals surface area contributed by atoms with E-state index < -0.39 is 0 Å². The predicted octanol–water partition coefficient (Wildman–Crippen LogP) is 4.64. The van der Waals surface area contributed by atoms with E-state index in [-0.39, 0.29) is 30.0 Å². The molecule has 162 valence electrons. The van der Waals surface area contributed by atoms with Crippen LogP contribution >= 0.6 is 23.9 Å². The quantitative estimate of drug-likeness (QED) is 0.533. The number of aryl methyl sites for hydroxylation is 1. The van der Waals surface area contributed by atoms with E-state index in [1.165, 1.54) is 22.5 Å². The molecule has 5 nitrogen and oxygen atoms in total. The third-order valence-corrected chi connectivity index (χ3v) is 7.02. The Morgan fingerprint density at radius 1 is 1.03 bits per heavy atom. The second-order valence-electron chi connectivity index (χ2n) is 8.14. The molecular weight excluding hydrogens is 437 g/mol. The number of hydrogen-bond acceptors (Lipinski definition) is 5. The average Bonchev–Trinajstić information content (AvgIpc) is 3.26. The summed E-state index contributed by atoms with van der Waals surface area (Å²) in [4.78, 5) is 28.9. The van der Waals surface area contributed by atoms with Crippen molar-refractivity contribution in [2.75, 3.05) is 26.2 Å². The molecule has 3 aromatic rings. The third kappa shape index (κ3) is 3.97. The SMILES string of the molecule is Cc1ccc2c(c1)C(=O)N(CCN1CCC(c3nsc4cc(F)ccc34)CC1)C2=O.Cl. The predicted molar refractivity (Wildman–Crippen MR) is 122 cm³/mol. The van der Waals surface area contributed by atoms with Crippen LogP contribution in [0.3, 0.4) is 0 Å². The highest BCUT2D eigenvalue weighted by Gasteiger charge is 2.35. The van der Waals surface area contributed by atoms with Crippen molar-refractivity contribution in [2.45, 2.75) is 25.7 Å². The fourth-order valence-electron chi connectivity index (χ4n) is 4.50. The number of benzene rings is 2. The average molecular weight is 460 g/mol. The molecule has 2 aliphatic rings. The number of halogens is 2. The van der Waals surface area contributed by atoms with Crippen LogP contribution in [0.15, 0.2) is 36.4 Å². The van der Waals surface area contributed by atoms with Crippen molar-refractivity contribution >= 4 is 45.8 Å². The van der Waals surface area contributed by atoms with Gasteiger partial charge in [-0.15, -0.1) is 12.4 Å². The number of nitrogens with zero attached hydrogens (tertiary/aromatic N) is 3. The van der Waals surface area contributed by atoms with Gasteiger partial charge in [0.15, 0.2) is 0 Å². The van der Waals surface area contributed by atoms with Crippen molar-refractivity contribution in [3.05, 3.63) is 64.6 Å². The lowest BCUT2D eigenvalue weighted by atomic mass is 9.91. The normalized spacial score (nSPS) is 17.3. The maximum absolute atomic E-state index is 13.4. The number of imide groups is 1.